The van der Waals surface area contributed by atoms with Gasteiger partial charge in [-0.1, -0.05) is 18.2 Å². The Morgan fingerprint density at radius 2 is 1.69 bits per heavy atom. The van der Waals surface area contributed by atoms with Crippen LogP contribution < -0.4 is 5.32 Å². The number of nitrogens with one attached hydrogen (secondary N) is 1. The molecule has 5 nitrogen and oxygen atoms in total. The minimum atomic E-state index is -3.89. The number of hydrogen-bond acceptors (Lipinski definition) is 4. The summed E-state index contributed by atoms with van der Waals surface area (Å²) in [5, 5.41) is 1.49. The Kier molecular flexibility index (Phi) is 5.18. The van der Waals surface area contributed by atoms with Gasteiger partial charge in [-0.15, -0.1) is 0 Å². The maximum atomic E-state index is 13.1. The molecule has 134 valence electrons. The van der Waals surface area contributed by atoms with Crippen molar-refractivity contribution in [1.29, 1.82) is 0 Å². The first-order valence-corrected chi connectivity index (χ1v) is 9.39. The molecule has 0 fully saturated rings. The standard InChI is InChI=1S/C19H16FNO4S/c20-15-8-10-16(11-9-15)26(23,24)18(17-7-4-12-25-17)13-21-19(22)14-5-2-1-3-6-14/h1-12,18H,13H2,(H,21,22)/t18-/m0/s1. The molecule has 0 aliphatic rings. The summed E-state index contributed by atoms with van der Waals surface area (Å²) in [7, 11) is -3.89. The fourth-order valence-corrected chi connectivity index (χ4v) is 4.09. The molecule has 0 radical (unpaired) electrons. The molecule has 0 saturated heterocycles. The van der Waals surface area contributed by atoms with Crippen LogP contribution in [-0.2, 0) is 9.84 Å². The molecular formula is C19H16FNO4S. The van der Waals surface area contributed by atoms with Crippen molar-refractivity contribution < 1.29 is 22.0 Å². The number of sulfone groups is 1. The number of rotatable bonds is 6. The van der Waals surface area contributed by atoms with E-state index >= 15 is 0 Å². The van der Waals surface area contributed by atoms with Gasteiger partial charge in [-0.25, -0.2) is 12.8 Å². The molecule has 3 aromatic rings. The summed E-state index contributed by atoms with van der Waals surface area (Å²) >= 11 is 0. The van der Waals surface area contributed by atoms with Gasteiger partial charge in [0.2, 0.25) is 0 Å². The normalized spacial score (nSPS) is 12.5. The molecule has 3 rings (SSSR count). The van der Waals surface area contributed by atoms with E-state index in [1.54, 1.807) is 36.4 Å². The van der Waals surface area contributed by atoms with E-state index in [-0.39, 0.29) is 17.2 Å². The SMILES string of the molecule is O=C(NC[C@@H](c1ccco1)S(=O)(=O)c1ccc(F)cc1)c1ccccc1. The lowest BCUT2D eigenvalue weighted by Gasteiger charge is -2.16. The summed E-state index contributed by atoms with van der Waals surface area (Å²) in [6, 6.07) is 16.1. The molecular weight excluding hydrogens is 357 g/mol. The monoisotopic (exact) mass is 373 g/mol. The van der Waals surface area contributed by atoms with Crippen LogP contribution in [0.2, 0.25) is 0 Å². The van der Waals surface area contributed by atoms with Gasteiger partial charge in [0, 0.05) is 12.1 Å². The quantitative estimate of drug-likeness (QED) is 0.672. The van der Waals surface area contributed by atoms with Gasteiger partial charge in [0.25, 0.3) is 5.91 Å². The Morgan fingerprint density at radius 1 is 1.00 bits per heavy atom. The summed E-state index contributed by atoms with van der Waals surface area (Å²) < 4.78 is 44.3. The van der Waals surface area contributed by atoms with Crippen LogP contribution in [0.1, 0.15) is 21.4 Å². The lowest BCUT2D eigenvalue weighted by atomic mass is 10.2. The van der Waals surface area contributed by atoms with Crippen LogP contribution in [0.15, 0.2) is 82.3 Å². The van der Waals surface area contributed by atoms with Gasteiger partial charge in [0.15, 0.2) is 9.84 Å². The van der Waals surface area contributed by atoms with E-state index in [1.165, 1.54) is 24.5 Å². The highest BCUT2D eigenvalue weighted by atomic mass is 32.2. The van der Waals surface area contributed by atoms with E-state index in [0.717, 1.165) is 12.1 Å². The van der Waals surface area contributed by atoms with Crippen molar-refractivity contribution >= 4 is 15.7 Å². The van der Waals surface area contributed by atoms with Crippen molar-refractivity contribution in [2.24, 2.45) is 0 Å². The fraction of sp³-hybridized carbons (Fsp3) is 0.105. The highest BCUT2D eigenvalue weighted by Gasteiger charge is 2.32. The van der Waals surface area contributed by atoms with Crippen molar-refractivity contribution in [3.8, 4) is 0 Å². The zero-order chi connectivity index (χ0) is 18.6. The number of carbonyl (C=O) groups is 1. The molecule has 0 unspecified atom stereocenters. The number of halogens is 1. The van der Waals surface area contributed by atoms with Crippen molar-refractivity contribution in [2.45, 2.75) is 10.1 Å². The first-order valence-electron chi connectivity index (χ1n) is 7.84. The summed E-state index contributed by atoms with van der Waals surface area (Å²) in [6.07, 6.45) is 1.36. The Labute approximate surface area is 150 Å². The van der Waals surface area contributed by atoms with Gasteiger partial charge in [0.05, 0.1) is 11.2 Å². The van der Waals surface area contributed by atoms with Crippen molar-refractivity contribution in [1.82, 2.24) is 5.32 Å². The minimum absolute atomic E-state index is 0.0470. The highest BCUT2D eigenvalue weighted by Crippen LogP contribution is 2.29. The molecule has 0 aliphatic carbocycles. The first kappa shape index (κ1) is 17.9. The molecule has 0 aliphatic heterocycles. The second-order valence-corrected chi connectivity index (χ2v) is 7.71. The molecule has 0 saturated carbocycles. The Hall–Kier alpha value is -2.93. The van der Waals surface area contributed by atoms with Gasteiger partial charge in [0.1, 0.15) is 16.8 Å². The second kappa shape index (κ2) is 7.53. The smallest absolute Gasteiger partial charge is 0.251 e. The summed E-state index contributed by atoms with van der Waals surface area (Å²) in [6.45, 7) is -0.180. The molecule has 1 aromatic heterocycles. The van der Waals surface area contributed by atoms with Crippen LogP contribution in [0.25, 0.3) is 0 Å². The average Bonchev–Trinajstić information content (AvgIpc) is 3.17. The Balaban J connectivity index is 1.86. The molecule has 1 heterocycles. The van der Waals surface area contributed by atoms with E-state index in [1.807, 2.05) is 0 Å². The van der Waals surface area contributed by atoms with Crippen LogP contribution >= 0.6 is 0 Å². The van der Waals surface area contributed by atoms with Crippen LogP contribution in [0.5, 0.6) is 0 Å². The molecule has 1 atom stereocenters. The molecule has 0 bridgehead atoms. The highest BCUT2D eigenvalue weighted by molar-refractivity contribution is 7.91. The van der Waals surface area contributed by atoms with E-state index in [9.17, 15) is 17.6 Å². The first-order chi connectivity index (χ1) is 12.5. The van der Waals surface area contributed by atoms with Gasteiger partial charge in [-0.2, -0.15) is 0 Å². The number of amides is 1. The molecule has 0 spiro atoms. The predicted molar refractivity (Wildman–Crippen MR) is 93.8 cm³/mol. The van der Waals surface area contributed by atoms with Crippen LogP contribution in [0, 0.1) is 5.82 Å². The lowest BCUT2D eigenvalue weighted by molar-refractivity contribution is 0.0953. The van der Waals surface area contributed by atoms with Gasteiger partial charge in [-0.05, 0) is 48.5 Å². The second-order valence-electron chi connectivity index (χ2n) is 5.58. The molecule has 2 aromatic carbocycles. The average molecular weight is 373 g/mol. The third kappa shape index (κ3) is 3.83. The van der Waals surface area contributed by atoms with Gasteiger partial charge in [-0.3, -0.25) is 4.79 Å². The van der Waals surface area contributed by atoms with Crippen molar-refractivity contribution in [3.05, 3.63) is 90.1 Å². The zero-order valence-electron chi connectivity index (χ0n) is 13.6. The Bertz CT molecular complexity index is 968. The van der Waals surface area contributed by atoms with E-state index in [0.29, 0.717) is 5.56 Å². The van der Waals surface area contributed by atoms with Crippen molar-refractivity contribution in [2.75, 3.05) is 6.54 Å². The van der Waals surface area contributed by atoms with Crippen molar-refractivity contribution in [3.63, 3.8) is 0 Å². The number of benzene rings is 2. The Morgan fingerprint density at radius 3 is 2.31 bits per heavy atom. The summed E-state index contributed by atoms with van der Waals surface area (Å²) in [5.41, 5.74) is 0.421. The predicted octanol–water partition coefficient (Wildman–Crippen LogP) is 3.36. The summed E-state index contributed by atoms with van der Waals surface area (Å²) in [4.78, 5) is 12.2. The topological polar surface area (TPSA) is 76.4 Å². The fourth-order valence-electron chi connectivity index (χ4n) is 2.50. The summed E-state index contributed by atoms with van der Waals surface area (Å²) in [5.74, 6) is -0.727. The lowest BCUT2D eigenvalue weighted by Crippen LogP contribution is -2.31. The van der Waals surface area contributed by atoms with Crippen LogP contribution in [-0.4, -0.2) is 20.9 Å². The number of furan rings is 1. The molecule has 26 heavy (non-hydrogen) atoms. The minimum Gasteiger partial charge on any atom is -0.468 e. The molecule has 1 amide bonds. The number of hydrogen-bond donors (Lipinski definition) is 1. The number of carbonyl (C=O) groups excluding carboxylic acids is 1. The van der Waals surface area contributed by atoms with Gasteiger partial charge < -0.3 is 9.73 Å². The van der Waals surface area contributed by atoms with E-state index < -0.39 is 26.8 Å². The van der Waals surface area contributed by atoms with E-state index in [4.69, 9.17) is 4.42 Å². The van der Waals surface area contributed by atoms with Gasteiger partial charge >= 0.3 is 0 Å². The maximum absolute atomic E-state index is 13.1. The third-order valence-corrected chi connectivity index (χ3v) is 5.94. The van der Waals surface area contributed by atoms with E-state index in [2.05, 4.69) is 5.32 Å². The molecule has 7 heteroatoms. The van der Waals surface area contributed by atoms with Crippen LogP contribution in [0.3, 0.4) is 0 Å². The largest absolute Gasteiger partial charge is 0.468 e. The zero-order valence-corrected chi connectivity index (χ0v) is 14.4. The maximum Gasteiger partial charge on any atom is 0.251 e. The molecule has 1 N–H and O–H groups in total. The third-order valence-electron chi connectivity index (χ3n) is 3.86. The van der Waals surface area contributed by atoms with Crippen LogP contribution in [0.4, 0.5) is 4.39 Å².